The van der Waals surface area contributed by atoms with Crippen LogP contribution in [0.1, 0.15) is 33.6 Å². The van der Waals surface area contributed by atoms with E-state index in [1.165, 1.54) is 12.0 Å². The predicted molar refractivity (Wildman–Crippen MR) is 58.4 cm³/mol. The lowest BCUT2D eigenvalue weighted by Gasteiger charge is -2.31. The van der Waals surface area contributed by atoms with Gasteiger partial charge in [-0.1, -0.05) is 38.2 Å². The number of nitrogens with two attached hydrogens (primary N) is 1. The molecule has 1 aliphatic rings. The summed E-state index contributed by atoms with van der Waals surface area (Å²) in [4.78, 5) is 0. The van der Waals surface area contributed by atoms with Gasteiger partial charge in [0.1, 0.15) is 0 Å². The molecule has 2 atom stereocenters. The molecule has 13 heavy (non-hydrogen) atoms. The van der Waals surface area contributed by atoms with Crippen molar-refractivity contribution in [3.63, 3.8) is 0 Å². The van der Waals surface area contributed by atoms with Crippen molar-refractivity contribution in [1.29, 1.82) is 0 Å². The summed E-state index contributed by atoms with van der Waals surface area (Å²) in [5, 5.41) is 0. The highest BCUT2D eigenvalue weighted by Gasteiger charge is 2.30. The Balaban J connectivity index is 2.87. The molecule has 0 aromatic heterocycles. The van der Waals surface area contributed by atoms with Crippen molar-refractivity contribution < 1.29 is 0 Å². The summed E-state index contributed by atoms with van der Waals surface area (Å²) in [7, 11) is 0. The molecule has 0 aromatic rings. The van der Waals surface area contributed by atoms with Crippen LogP contribution < -0.4 is 5.73 Å². The van der Waals surface area contributed by atoms with Crippen molar-refractivity contribution in [2.75, 3.05) is 0 Å². The van der Waals surface area contributed by atoms with E-state index in [1.807, 2.05) is 0 Å². The van der Waals surface area contributed by atoms with Crippen molar-refractivity contribution in [3.05, 3.63) is 24.3 Å². The lowest BCUT2D eigenvalue weighted by Crippen LogP contribution is -2.23. The van der Waals surface area contributed by atoms with Crippen LogP contribution in [0.5, 0.6) is 0 Å². The maximum Gasteiger partial charge on any atom is 0.0224 e. The fourth-order valence-corrected chi connectivity index (χ4v) is 2.14. The van der Waals surface area contributed by atoms with Crippen molar-refractivity contribution in [2.45, 2.75) is 39.7 Å². The summed E-state index contributed by atoms with van der Waals surface area (Å²) in [5.74, 6) is 0.487. The van der Waals surface area contributed by atoms with Crippen LogP contribution in [-0.2, 0) is 0 Å². The first-order valence-electron chi connectivity index (χ1n) is 5.03. The lowest BCUT2D eigenvalue weighted by molar-refractivity contribution is 0.265. The maximum absolute atomic E-state index is 5.90. The molecule has 0 radical (unpaired) electrons. The summed E-state index contributed by atoms with van der Waals surface area (Å²) in [5.41, 5.74) is 7.46. The topological polar surface area (TPSA) is 26.0 Å². The molecule has 2 N–H and O–H groups in total. The lowest BCUT2D eigenvalue weighted by atomic mass is 9.73. The molecule has 1 nitrogen and oxygen atoms in total. The molecule has 2 unspecified atom stereocenters. The van der Waals surface area contributed by atoms with E-state index in [2.05, 4.69) is 39.5 Å². The predicted octanol–water partition coefficient (Wildman–Crippen LogP) is 2.88. The second-order valence-corrected chi connectivity index (χ2v) is 4.90. The van der Waals surface area contributed by atoms with Crippen LogP contribution in [0.25, 0.3) is 0 Å². The van der Waals surface area contributed by atoms with Gasteiger partial charge < -0.3 is 5.73 Å². The Labute approximate surface area is 81.7 Å². The highest BCUT2D eigenvalue weighted by Crippen LogP contribution is 2.39. The van der Waals surface area contributed by atoms with Gasteiger partial charge in [-0.25, -0.2) is 0 Å². The SMILES string of the molecule is C=C(C)C1C=CC(N)CCC1(C)C. The molecule has 0 saturated carbocycles. The van der Waals surface area contributed by atoms with E-state index in [1.54, 1.807) is 0 Å². The standard InChI is InChI=1S/C12H21N/c1-9(2)11-6-5-10(13)7-8-12(11,3)4/h5-6,10-11H,1,7-8,13H2,2-4H3. The van der Waals surface area contributed by atoms with Crippen molar-refractivity contribution in [2.24, 2.45) is 17.1 Å². The Bertz CT molecular complexity index is 225. The molecule has 74 valence electrons. The van der Waals surface area contributed by atoms with E-state index in [0.717, 1.165) is 6.42 Å². The van der Waals surface area contributed by atoms with Crippen molar-refractivity contribution in [1.82, 2.24) is 0 Å². The molecule has 1 rings (SSSR count). The third-order valence-corrected chi connectivity index (χ3v) is 3.05. The Morgan fingerprint density at radius 2 is 2.08 bits per heavy atom. The fraction of sp³-hybridized carbons (Fsp3) is 0.667. The monoisotopic (exact) mass is 179 g/mol. The van der Waals surface area contributed by atoms with Crippen LogP contribution in [0, 0.1) is 11.3 Å². The molecule has 0 amide bonds. The minimum atomic E-state index is 0.239. The molecule has 0 bridgehead atoms. The molecular formula is C12H21N. The van der Waals surface area contributed by atoms with E-state index in [9.17, 15) is 0 Å². The first kappa shape index (κ1) is 10.5. The molecule has 1 aliphatic carbocycles. The summed E-state index contributed by atoms with van der Waals surface area (Å²) in [6.07, 6.45) is 6.64. The molecule has 0 fully saturated rings. The van der Waals surface area contributed by atoms with Crippen LogP contribution in [0.3, 0.4) is 0 Å². The number of hydrogen-bond acceptors (Lipinski definition) is 1. The Morgan fingerprint density at radius 3 is 2.62 bits per heavy atom. The smallest absolute Gasteiger partial charge is 0.0224 e. The van der Waals surface area contributed by atoms with Gasteiger partial charge in [0.05, 0.1) is 0 Å². The van der Waals surface area contributed by atoms with Crippen LogP contribution >= 0.6 is 0 Å². The van der Waals surface area contributed by atoms with Gasteiger partial charge in [-0.05, 0) is 25.2 Å². The van der Waals surface area contributed by atoms with Gasteiger partial charge >= 0.3 is 0 Å². The van der Waals surface area contributed by atoms with E-state index in [-0.39, 0.29) is 6.04 Å². The van der Waals surface area contributed by atoms with E-state index < -0.39 is 0 Å². The highest BCUT2D eigenvalue weighted by atomic mass is 14.6. The van der Waals surface area contributed by atoms with Gasteiger partial charge in [0.15, 0.2) is 0 Å². The zero-order chi connectivity index (χ0) is 10.1. The van der Waals surface area contributed by atoms with E-state index >= 15 is 0 Å². The molecule has 0 spiro atoms. The normalized spacial score (nSPS) is 32.6. The van der Waals surface area contributed by atoms with Crippen LogP contribution in [0.4, 0.5) is 0 Å². The molecule has 1 heteroatoms. The highest BCUT2D eigenvalue weighted by molar-refractivity contribution is 5.15. The van der Waals surface area contributed by atoms with Gasteiger partial charge in [0, 0.05) is 12.0 Å². The first-order valence-corrected chi connectivity index (χ1v) is 5.03. The van der Waals surface area contributed by atoms with Gasteiger partial charge in [-0.3, -0.25) is 0 Å². The molecule has 0 heterocycles. The zero-order valence-corrected chi connectivity index (χ0v) is 9.01. The Morgan fingerprint density at radius 1 is 1.46 bits per heavy atom. The molecule has 0 aromatic carbocycles. The molecular weight excluding hydrogens is 158 g/mol. The average Bonchev–Trinajstić information content (AvgIpc) is 2.11. The largest absolute Gasteiger partial charge is 0.324 e. The van der Waals surface area contributed by atoms with Crippen molar-refractivity contribution >= 4 is 0 Å². The van der Waals surface area contributed by atoms with E-state index in [0.29, 0.717) is 11.3 Å². The number of allylic oxidation sites excluding steroid dienone is 2. The maximum atomic E-state index is 5.90. The Kier molecular flexibility index (Phi) is 2.97. The summed E-state index contributed by atoms with van der Waals surface area (Å²) < 4.78 is 0. The average molecular weight is 179 g/mol. The van der Waals surface area contributed by atoms with Gasteiger partial charge in [0.2, 0.25) is 0 Å². The van der Waals surface area contributed by atoms with Gasteiger partial charge in [0.25, 0.3) is 0 Å². The third kappa shape index (κ3) is 2.44. The van der Waals surface area contributed by atoms with Crippen LogP contribution in [0.2, 0.25) is 0 Å². The zero-order valence-electron chi connectivity index (χ0n) is 9.01. The van der Waals surface area contributed by atoms with Crippen molar-refractivity contribution in [3.8, 4) is 0 Å². The van der Waals surface area contributed by atoms with E-state index in [4.69, 9.17) is 5.73 Å². The summed E-state index contributed by atoms with van der Waals surface area (Å²) in [6, 6.07) is 0.239. The quantitative estimate of drug-likeness (QED) is 0.615. The number of hydrogen-bond donors (Lipinski definition) is 1. The molecule has 0 aliphatic heterocycles. The minimum Gasteiger partial charge on any atom is -0.324 e. The molecule has 0 saturated heterocycles. The van der Waals surface area contributed by atoms with Crippen LogP contribution in [0.15, 0.2) is 24.3 Å². The number of rotatable bonds is 1. The third-order valence-electron chi connectivity index (χ3n) is 3.05. The summed E-state index contributed by atoms with van der Waals surface area (Å²) in [6.45, 7) is 10.8. The second kappa shape index (κ2) is 3.67. The fourth-order valence-electron chi connectivity index (χ4n) is 2.14. The second-order valence-electron chi connectivity index (χ2n) is 4.90. The Hall–Kier alpha value is -0.560. The minimum absolute atomic E-state index is 0.239. The van der Waals surface area contributed by atoms with Gasteiger partial charge in [-0.15, -0.1) is 0 Å². The van der Waals surface area contributed by atoms with Crippen LogP contribution in [-0.4, -0.2) is 6.04 Å². The van der Waals surface area contributed by atoms with Gasteiger partial charge in [-0.2, -0.15) is 0 Å². The first-order chi connectivity index (χ1) is 5.93. The summed E-state index contributed by atoms with van der Waals surface area (Å²) >= 11 is 0.